The Hall–Kier alpha value is -2.62. The molecule has 4 heteroatoms. The summed E-state index contributed by atoms with van der Waals surface area (Å²) in [7, 11) is 0. The Balaban J connectivity index is 2.12. The number of hydrogen-bond donors (Lipinski definition) is 0. The van der Waals surface area contributed by atoms with Gasteiger partial charge in [-0.05, 0) is 32.0 Å². The Morgan fingerprint density at radius 1 is 1.04 bits per heavy atom. The van der Waals surface area contributed by atoms with E-state index in [0.717, 1.165) is 10.9 Å². The van der Waals surface area contributed by atoms with Gasteiger partial charge in [0.2, 0.25) is 0 Å². The molecule has 124 valence electrons. The Bertz CT molecular complexity index is 865. The predicted octanol–water partition coefficient (Wildman–Crippen LogP) is 4.31. The molecule has 0 fully saturated rings. The van der Waals surface area contributed by atoms with Crippen molar-refractivity contribution >= 4 is 16.8 Å². The molecule has 3 rings (SSSR count). The molecule has 1 heterocycles. The molecule has 3 nitrogen and oxygen atoms in total. The summed E-state index contributed by atoms with van der Waals surface area (Å²) in [6.45, 7) is 5.56. The molecule has 0 aliphatic carbocycles. The fraction of sp³-hybridized carbons (Fsp3) is 0.250. The Morgan fingerprint density at radius 3 is 2.42 bits per heavy atom. The highest BCUT2D eigenvalue weighted by Crippen LogP contribution is 2.23. The van der Waals surface area contributed by atoms with E-state index in [2.05, 4.69) is 0 Å². The lowest BCUT2D eigenvalue weighted by Crippen LogP contribution is -2.32. The molecule has 24 heavy (non-hydrogen) atoms. The van der Waals surface area contributed by atoms with Crippen LogP contribution in [-0.4, -0.2) is 28.5 Å². The zero-order valence-electron chi connectivity index (χ0n) is 14.0. The highest BCUT2D eigenvalue weighted by Gasteiger charge is 2.20. The van der Waals surface area contributed by atoms with Crippen molar-refractivity contribution in [3.63, 3.8) is 0 Å². The molecule has 1 aromatic heterocycles. The highest BCUT2D eigenvalue weighted by molar-refractivity contribution is 5.98. The van der Waals surface area contributed by atoms with Gasteiger partial charge < -0.3 is 9.47 Å². The van der Waals surface area contributed by atoms with Gasteiger partial charge in [0.05, 0.1) is 6.54 Å². The Labute approximate surface area is 141 Å². The minimum Gasteiger partial charge on any atom is -0.338 e. The Kier molecular flexibility index (Phi) is 4.65. The Morgan fingerprint density at radius 2 is 1.71 bits per heavy atom. The van der Waals surface area contributed by atoms with Crippen molar-refractivity contribution in [2.75, 3.05) is 13.1 Å². The molecule has 0 aliphatic rings. The summed E-state index contributed by atoms with van der Waals surface area (Å²) >= 11 is 0. The second kappa shape index (κ2) is 6.87. The van der Waals surface area contributed by atoms with E-state index >= 15 is 0 Å². The number of carbonyl (C=O) groups is 1. The van der Waals surface area contributed by atoms with Crippen LogP contribution >= 0.6 is 0 Å². The minimum absolute atomic E-state index is 0.0208. The number of para-hydroxylation sites is 1. The van der Waals surface area contributed by atoms with Gasteiger partial charge in [-0.3, -0.25) is 4.79 Å². The van der Waals surface area contributed by atoms with Crippen LogP contribution in [0.15, 0.2) is 54.6 Å². The number of benzene rings is 2. The molecule has 0 unspecified atom stereocenters. The van der Waals surface area contributed by atoms with Crippen molar-refractivity contribution in [3.05, 3.63) is 71.7 Å². The normalized spacial score (nSPS) is 11.0. The highest BCUT2D eigenvalue weighted by atomic mass is 19.1. The number of hydrogen-bond acceptors (Lipinski definition) is 1. The maximum atomic E-state index is 14.1. The number of rotatable bonds is 5. The van der Waals surface area contributed by atoms with Gasteiger partial charge in [0, 0.05) is 29.6 Å². The molecular formula is C20H21FN2O. The third kappa shape index (κ3) is 2.92. The SMILES string of the molecule is CCN(CC)C(=O)c1cc2ccccc2n1Cc1ccccc1F. The standard InChI is InChI=1S/C20H21FN2O/c1-3-22(4-2)20(24)19-13-15-9-6-8-12-18(15)23(19)14-16-10-5-7-11-17(16)21/h5-13H,3-4,14H2,1-2H3. The molecule has 3 aromatic rings. The summed E-state index contributed by atoms with van der Waals surface area (Å²) in [5.74, 6) is -0.274. The second-order valence-corrected chi connectivity index (χ2v) is 5.74. The first-order valence-electron chi connectivity index (χ1n) is 8.26. The average molecular weight is 324 g/mol. The van der Waals surface area contributed by atoms with Crippen LogP contribution < -0.4 is 0 Å². The van der Waals surface area contributed by atoms with E-state index in [1.165, 1.54) is 6.07 Å². The van der Waals surface area contributed by atoms with Crippen LogP contribution in [0.1, 0.15) is 29.9 Å². The van der Waals surface area contributed by atoms with E-state index < -0.39 is 0 Å². The third-order valence-corrected chi connectivity index (χ3v) is 4.37. The molecule has 1 amide bonds. The number of fused-ring (bicyclic) bond motifs is 1. The van der Waals surface area contributed by atoms with E-state index in [4.69, 9.17) is 0 Å². The molecule has 0 bridgehead atoms. The molecule has 0 radical (unpaired) electrons. The summed E-state index contributed by atoms with van der Waals surface area (Å²) in [6, 6.07) is 16.4. The van der Waals surface area contributed by atoms with Crippen molar-refractivity contribution in [2.45, 2.75) is 20.4 Å². The first-order chi connectivity index (χ1) is 11.7. The van der Waals surface area contributed by atoms with Crippen LogP contribution in [0.25, 0.3) is 10.9 Å². The van der Waals surface area contributed by atoms with Gasteiger partial charge in [0.25, 0.3) is 5.91 Å². The van der Waals surface area contributed by atoms with Crippen molar-refractivity contribution < 1.29 is 9.18 Å². The summed E-state index contributed by atoms with van der Waals surface area (Å²) in [6.07, 6.45) is 0. The lowest BCUT2D eigenvalue weighted by molar-refractivity contribution is 0.0763. The summed E-state index contributed by atoms with van der Waals surface area (Å²) in [4.78, 5) is 14.7. The summed E-state index contributed by atoms with van der Waals surface area (Å²) in [5, 5.41) is 0.990. The van der Waals surface area contributed by atoms with Crippen molar-refractivity contribution in [2.24, 2.45) is 0 Å². The number of nitrogens with zero attached hydrogens (tertiary/aromatic N) is 2. The minimum atomic E-state index is -0.253. The lowest BCUT2D eigenvalue weighted by atomic mass is 10.2. The monoisotopic (exact) mass is 324 g/mol. The lowest BCUT2D eigenvalue weighted by Gasteiger charge is -2.20. The zero-order chi connectivity index (χ0) is 17.1. The first kappa shape index (κ1) is 16.2. The van der Waals surface area contributed by atoms with Crippen molar-refractivity contribution in [1.29, 1.82) is 0 Å². The topological polar surface area (TPSA) is 25.2 Å². The smallest absolute Gasteiger partial charge is 0.270 e. The van der Waals surface area contributed by atoms with E-state index in [0.29, 0.717) is 30.9 Å². The molecular weight excluding hydrogens is 303 g/mol. The van der Waals surface area contributed by atoms with Gasteiger partial charge >= 0.3 is 0 Å². The fourth-order valence-corrected chi connectivity index (χ4v) is 3.03. The number of aromatic nitrogens is 1. The van der Waals surface area contributed by atoms with Crippen LogP contribution in [-0.2, 0) is 6.54 Å². The number of halogens is 1. The quantitative estimate of drug-likeness (QED) is 0.686. The maximum Gasteiger partial charge on any atom is 0.270 e. The van der Waals surface area contributed by atoms with Crippen molar-refractivity contribution in [1.82, 2.24) is 9.47 Å². The number of amides is 1. The molecule has 0 N–H and O–H groups in total. The molecule has 0 saturated carbocycles. The van der Waals surface area contributed by atoms with E-state index in [1.54, 1.807) is 17.0 Å². The summed E-state index contributed by atoms with van der Waals surface area (Å²) < 4.78 is 16.0. The average Bonchev–Trinajstić information content (AvgIpc) is 2.96. The van der Waals surface area contributed by atoms with Crippen LogP contribution in [0, 0.1) is 5.82 Å². The fourth-order valence-electron chi connectivity index (χ4n) is 3.03. The molecule has 2 aromatic carbocycles. The van der Waals surface area contributed by atoms with E-state index in [-0.39, 0.29) is 11.7 Å². The van der Waals surface area contributed by atoms with Gasteiger partial charge in [-0.1, -0.05) is 36.4 Å². The third-order valence-electron chi connectivity index (χ3n) is 4.37. The van der Waals surface area contributed by atoms with Crippen LogP contribution in [0.2, 0.25) is 0 Å². The molecule has 0 atom stereocenters. The van der Waals surface area contributed by atoms with Crippen molar-refractivity contribution in [3.8, 4) is 0 Å². The second-order valence-electron chi connectivity index (χ2n) is 5.74. The van der Waals surface area contributed by atoms with Gasteiger partial charge in [0.1, 0.15) is 11.5 Å². The van der Waals surface area contributed by atoms with Gasteiger partial charge in [-0.15, -0.1) is 0 Å². The van der Waals surface area contributed by atoms with Crippen LogP contribution in [0.3, 0.4) is 0 Å². The van der Waals surface area contributed by atoms with E-state index in [9.17, 15) is 9.18 Å². The molecule has 0 aliphatic heterocycles. The number of carbonyl (C=O) groups excluding carboxylic acids is 1. The largest absolute Gasteiger partial charge is 0.338 e. The van der Waals surface area contributed by atoms with Crippen LogP contribution in [0.4, 0.5) is 4.39 Å². The van der Waals surface area contributed by atoms with E-state index in [1.807, 2.05) is 54.8 Å². The molecule has 0 saturated heterocycles. The van der Waals surface area contributed by atoms with Gasteiger partial charge in [-0.25, -0.2) is 4.39 Å². The first-order valence-corrected chi connectivity index (χ1v) is 8.26. The van der Waals surface area contributed by atoms with Gasteiger partial charge in [-0.2, -0.15) is 0 Å². The van der Waals surface area contributed by atoms with Gasteiger partial charge in [0.15, 0.2) is 0 Å². The maximum absolute atomic E-state index is 14.1. The zero-order valence-corrected chi connectivity index (χ0v) is 14.0. The van der Waals surface area contributed by atoms with Crippen LogP contribution in [0.5, 0.6) is 0 Å². The predicted molar refractivity (Wildman–Crippen MR) is 94.7 cm³/mol. The molecule has 0 spiro atoms. The summed E-state index contributed by atoms with van der Waals surface area (Å²) in [5.41, 5.74) is 2.12.